The van der Waals surface area contributed by atoms with E-state index in [4.69, 9.17) is 4.74 Å². The summed E-state index contributed by atoms with van der Waals surface area (Å²) >= 11 is 0. The van der Waals surface area contributed by atoms with E-state index < -0.39 is 5.60 Å². The van der Waals surface area contributed by atoms with Gasteiger partial charge in [-0.15, -0.1) is 0 Å². The maximum atomic E-state index is 12.3. The lowest BCUT2D eigenvalue weighted by molar-refractivity contribution is 0.0582. The minimum Gasteiger partial charge on any atom is -0.443 e. The Hall–Kier alpha value is -1.51. The molecule has 3 heteroatoms. The summed E-state index contributed by atoms with van der Waals surface area (Å²) < 4.78 is 5.46. The molecule has 0 spiro atoms. The largest absolute Gasteiger partial charge is 0.443 e. The number of carbonyl (C=O) groups is 1. The van der Waals surface area contributed by atoms with Crippen molar-refractivity contribution in [3.8, 4) is 0 Å². The molecule has 0 aliphatic carbocycles. The molecule has 0 unspecified atom stereocenters. The Bertz CT molecular complexity index is 413. The van der Waals surface area contributed by atoms with Gasteiger partial charge in [0.25, 0.3) is 0 Å². The molecule has 105 valence electrons. The van der Waals surface area contributed by atoms with Crippen molar-refractivity contribution in [2.24, 2.45) is 5.41 Å². The maximum Gasteiger partial charge on any atom is 0.415 e. The van der Waals surface area contributed by atoms with E-state index in [1.807, 2.05) is 78.4 Å². The molecule has 0 saturated carbocycles. The van der Waals surface area contributed by atoms with E-state index in [1.54, 1.807) is 4.90 Å². The first kappa shape index (κ1) is 15.5. The highest BCUT2D eigenvalue weighted by molar-refractivity contribution is 5.89. The van der Waals surface area contributed by atoms with Gasteiger partial charge in [0.1, 0.15) is 5.60 Å². The van der Waals surface area contributed by atoms with Crippen LogP contribution in [0.5, 0.6) is 0 Å². The molecule has 1 radical (unpaired) electrons. The third-order valence-electron chi connectivity index (χ3n) is 2.14. The van der Waals surface area contributed by atoms with Gasteiger partial charge >= 0.3 is 6.09 Å². The third-order valence-corrected chi connectivity index (χ3v) is 2.14. The van der Waals surface area contributed by atoms with Crippen molar-refractivity contribution in [2.75, 3.05) is 4.90 Å². The second-order valence-corrected chi connectivity index (χ2v) is 6.68. The van der Waals surface area contributed by atoms with E-state index in [0.29, 0.717) is 0 Å². The molecule has 19 heavy (non-hydrogen) atoms. The molecule has 1 aromatic rings. The summed E-state index contributed by atoms with van der Waals surface area (Å²) in [5.41, 5.74) is 0.189. The number of benzene rings is 1. The van der Waals surface area contributed by atoms with Crippen LogP contribution in [0.3, 0.4) is 0 Å². The van der Waals surface area contributed by atoms with E-state index in [1.165, 1.54) is 0 Å². The molecule has 1 amide bonds. The van der Waals surface area contributed by atoms with Crippen LogP contribution in [0.2, 0.25) is 0 Å². The van der Waals surface area contributed by atoms with Crippen LogP contribution >= 0.6 is 0 Å². The first-order valence-electron chi connectivity index (χ1n) is 6.52. The molecule has 0 atom stereocenters. The number of rotatable bonds is 2. The maximum absolute atomic E-state index is 12.3. The second kappa shape index (κ2) is 5.64. The van der Waals surface area contributed by atoms with E-state index in [-0.39, 0.29) is 11.5 Å². The van der Waals surface area contributed by atoms with Crippen LogP contribution in [-0.4, -0.2) is 11.7 Å². The highest BCUT2D eigenvalue weighted by Crippen LogP contribution is 2.27. The lowest BCUT2D eigenvalue weighted by Gasteiger charge is -2.31. The van der Waals surface area contributed by atoms with E-state index in [2.05, 4.69) is 0 Å². The summed E-state index contributed by atoms with van der Waals surface area (Å²) in [6.45, 7) is 13.6. The fourth-order valence-electron chi connectivity index (χ4n) is 1.52. The zero-order chi connectivity index (χ0) is 14.7. The van der Waals surface area contributed by atoms with Crippen molar-refractivity contribution in [3.05, 3.63) is 36.9 Å². The molecule has 1 aromatic carbocycles. The van der Waals surface area contributed by atoms with E-state index >= 15 is 0 Å². The molecule has 0 N–H and O–H groups in total. The monoisotopic (exact) mass is 262 g/mol. The van der Waals surface area contributed by atoms with Gasteiger partial charge in [-0.2, -0.15) is 0 Å². The first-order chi connectivity index (χ1) is 8.58. The average molecular weight is 262 g/mol. The van der Waals surface area contributed by atoms with Gasteiger partial charge in [0.15, 0.2) is 0 Å². The van der Waals surface area contributed by atoms with E-state index in [0.717, 1.165) is 5.69 Å². The number of amides is 1. The zero-order valence-corrected chi connectivity index (χ0v) is 12.7. The Kier molecular flexibility index (Phi) is 4.61. The number of nitrogens with zero attached hydrogens (tertiary/aromatic N) is 1. The van der Waals surface area contributed by atoms with Crippen LogP contribution in [0.15, 0.2) is 30.3 Å². The van der Waals surface area contributed by atoms with Crippen LogP contribution in [0.1, 0.15) is 41.5 Å². The normalized spacial score (nSPS) is 12.1. The van der Waals surface area contributed by atoms with Crippen LogP contribution < -0.4 is 4.90 Å². The average Bonchev–Trinajstić information content (AvgIpc) is 2.23. The standard InChI is InChI=1S/C16H24NO2/c1-15(2,3)12-17(13-10-8-7-9-11-13)14(18)19-16(4,5)6/h7-12H,1-6H3. The molecule has 0 saturated heterocycles. The van der Waals surface area contributed by atoms with Gasteiger partial charge in [-0.1, -0.05) is 39.0 Å². The molecule has 0 aliphatic rings. The first-order valence-corrected chi connectivity index (χ1v) is 6.52. The van der Waals surface area contributed by atoms with Gasteiger partial charge in [-0.3, -0.25) is 4.90 Å². The number of para-hydroxylation sites is 1. The Morgan fingerprint density at radius 2 is 1.58 bits per heavy atom. The van der Waals surface area contributed by atoms with Gasteiger partial charge in [0.05, 0.1) is 6.54 Å². The topological polar surface area (TPSA) is 29.5 Å². The molecule has 1 rings (SSSR count). The third kappa shape index (κ3) is 5.77. The Labute approximate surface area is 116 Å². The molecule has 0 aliphatic heterocycles. The van der Waals surface area contributed by atoms with Gasteiger partial charge in [-0.25, -0.2) is 4.79 Å². The van der Waals surface area contributed by atoms with Crippen molar-refractivity contribution in [3.63, 3.8) is 0 Å². The van der Waals surface area contributed by atoms with Crippen molar-refractivity contribution in [2.45, 2.75) is 47.1 Å². The molecular formula is C16H24NO2. The molecule has 0 bridgehead atoms. The summed E-state index contributed by atoms with van der Waals surface area (Å²) in [5.74, 6) is 0. The SMILES string of the molecule is CC(C)(C)[CH]N(C(=O)OC(C)(C)C)c1ccccc1. The van der Waals surface area contributed by atoms with Gasteiger partial charge in [0.2, 0.25) is 0 Å². The summed E-state index contributed by atoms with van der Waals surface area (Å²) in [4.78, 5) is 13.9. The highest BCUT2D eigenvalue weighted by atomic mass is 16.6. The van der Waals surface area contributed by atoms with Crippen molar-refractivity contribution in [1.82, 2.24) is 0 Å². The zero-order valence-electron chi connectivity index (χ0n) is 12.7. The minimum absolute atomic E-state index is 0.118. The highest BCUT2D eigenvalue weighted by Gasteiger charge is 2.27. The number of ether oxygens (including phenoxy) is 1. The summed E-state index contributed by atoms with van der Waals surface area (Å²) in [6.07, 6.45) is -0.353. The minimum atomic E-state index is -0.504. The fraction of sp³-hybridized carbons (Fsp3) is 0.500. The predicted octanol–water partition coefficient (Wildman–Crippen LogP) is 4.64. The predicted molar refractivity (Wildman–Crippen MR) is 78.9 cm³/mol. The molecule has 0 aromatic heterocycles. The summed E-state index contributed by atoms with van der Waals surface area (Å²) in [5, 5.41) is 0. The van der Waals surface area contributed by atoms with Gasteiger partial charge in [-0.05, 0) is 38.3 Å². The number of carbonyl (C=O) groups excluding carboxylic acids is 1. The van der Waals surface area contributed by atoms with Crippen LogP contribution in [0, 0.1) is 12.0 Å². The molecule has 3 nitrogen and oxygen atoms in total. The van der Waals surface area contributed by atoms with Gasteiger partial charge in [0, 0.05) is 5.69 Å². The van der Waals surface area contributed by atoms with Crippen LogP contribution in [0.4, 0.5) is 10.5 Å². The molecular weight excluding hydrogens is 238 g/mol. The van der Waals surface area contributed by atoms with Crippen molar-refractivity contribution < 1.29 is 9.53 Å². The number of hydrogen-bond donors (Lipinski definition) is 0. The Morgan fingerprint density at radius 3 is 2.00 bits per heavy atom. The lowest BCUT2D eigenvalue weighted by Crippen LogP contribution is -2.38. The molecule has 0 fully saturated rings. The van der Waals surface area contributed by atoms with Gasteiger partial charge < -0.3 is 4.74 Å². The smallest absolute Gasteiger partial charge is 0.415 e. The number of anilines is 1. The Balaban J connectivity index is 2.97. The Morgan fingerprint density at radius 1 is 1.05 bits per heavy atom. The van der Waals surface area contributed by atoms with E-state index in [9.17, 15) is 4.79 Å². The van der Waals surface area contributed by atoms with Crippen LogP contribution in [0.25, 0.3) is 0 Å². The summed E-state index contributed by atoms with van der Waals surface area (Å²) in [7, 11) is 0. The fourth-order valence-corrected chi connectivity index (χ4v) is 1.52. The number of hydrogen-bond acceptors (Lipinski definition) is 2. The lowest BCUT2D eigenvalue weighted by atomic mass is 9.96. The van der Waals surface area contributed by atoms with Crippen LogP contribution in [-0.2, 0) is 4.74 Å². The summed E-state index contributed by atoms with van der Waals surface area (Å²) in [6, 6.07) is 9.53. The van der Waals surface area contributed by atoms with Crippen molar-refractivity contribution in [1.29, 1.82) is 0 Å². The quantitative estimate of drug-likeness (QED) is 0.777. The molecule has 0 heterocycles. The second-order valence-electron chi connectivity index (χ2n) is 6.68. The van der Waals surface area contributed by atoms with Crippen molar-refractivity contribution >= 4 is 11.8 Å².